The van der Waals surface area contributed by atoms with Crippen LogP contribution >= 0.6 is 12.2 Å². The van der Waals surface area contributed by atoms with Crippen molar-refractivity contribution in [3.05, 3.63) is 70.9 Å². The summed E-state index contributed by atoms with van der Waals surface area (Å²) >= 11 is 5.35. The third-order valence-electron chi connectivity index (χ3n) is 4.38. The number of ketones is 1. The highest BCUT2D eigenvalue weighted by atomic mass is 32.1. The summed E-state index contributed by atoms with van der Waals surface area (Å²) in [4.78, 5) is 13.3. The molecule has 2 aromatic carbocycles. The topological polar surface area (TPSA) is 59.6 Å². The van der Waals surface area contributed by atoms with Gasteiger partial charge in [0.25, 0.3) is 0 Å². The Bertz CT molecular complexity index is 894. The molecule has 0 spiro atoms. The van der Waals surface area contributed by atoms with Crippen molar-refractivity contribution in [1.82, 2.24) is 10.6 Å². The van der Waals surface area contributed by atoms with Crippen LogP contribution in [0.1, 0.15) is 35.8 Å². The van der Waals surface area contributed by atoms with Crippen LogP contribution < -0.4 is 20.1 Å². The van der Waals surface area contributed by atoms with E-state index >= 15 is 0 Å². The van der Waals surface area contributed by atoms with Gasteiger partial charge in [-0.25, -0.2) is 0 Å². The molecule has 0 saturated heterocycles. The van der Waals surface area contributed by atoms with Crippen molar-refractivity contribution in [2.75, 3.05) is 13.7 Å². The molecule has 1 aliphatic rings. The molecule has 2 N–H and O–H groups in total. The first-order chi connectivity index (χ1) is 13.1. The molecule has 1 aliphatic heterocycles. The molecule has 140 valence electrons. The van der Waals surface area contributed by atoms with Crippen molar-refractivity contribution in [1.29, 1.82) is 0 Å². The average Bonchev–Trinajstić information content (AvgIpc) is 2.68. The molecule has 27 heavy (non-hydrogen) atoms. The molecule has 1 unspecified atom stereocenters. The molecule has 5 nitrogen and oxygen atoms in total. The van der Waals surface area contributed by atoms with Crippen molar-refractivity contribution >= 4 is 23.1 Å². The van der Waals surface area contributed by atoms with E-state index in [4.69, 9.17) is 21.7 Å². The van der Waals surface area contributed by atoms with Crippen LogP contribution in [0.3, 0.4) is 0 Å². The minimum absolute atomic E-state index is 0.0640. The Morgan fingerprint density at radius 1 is 1.15 bits per heavy atom. The molecule has 1 heterocycles. The molecule has 0 aliphatic carbocycles. The lowest BCUT2D eigenvalue weighted by Crippen LogP contribution is -2.45. The van der Waals surface area contributed by atoms with Crippen molar-refractivity contribution in [3.8, 4) is 11.5 Å². The molecule has 0 fully saturated rings. The first-order valence-corrected chi connectivity index (χ1v) is 9.15. The van der Waals surface area contributed by atoms with Gasteiger partial charge in [-0.05, 0) is 32.1 Å². The Labute approximate surface area is 164 Å². The van der Waals surface area contributed by atoms with Gasteiger partial charge in [0.15, 0.2) is 22.4 Å². The Kier molecular flexibility index (Phi) is 5.76. The zero-order valence-corrected chi connectivity index (χ0v) is 16.4. The molecule has 0 saturated carbocycles. The molecule has 0 aromatic heterocycles. The lowest BCUT2D eigenvalue weighted by Gasteiger charge is -2.31. The van der Waals surface area contributed by atoms with E-state index in [0.29, 0.717) is 34.4 Å². The van der Waals surface area contributed by atoms with Crippen molar-refractivity contribution in [2.24, 2.45) is 0 Å². The first-order valence-electron chi connectivity index (χ1n) is 8.74. The second-order valence-corrected chi connectivity index (χ2v) is 6.49. The molecule has 0 amide bonds. The van der Waals surface area contributed by atoms with E-state index in [9.17, 15) is 4.79 Å². The zero-order chi connectivity index (χ0) is 19.4. The summed E-state index contributed by atoms with van der Waals surface area (Å²) in [5.41, 5.74) is 2.75. The highest BCUT2D eigenvalue weighted by molar-refractivity contribution is 7.80. The van der Waals surface area contributed by atoms with E-state index in [2.05, 4.69) is 10.6 Å². The third-order valence-corrected chi connectivity index (χ3v) is 4.60. The number of hydrogen-bond acceptors (Lipinski definition) is 4. The van der Waals surface area contributed by atoms with Crippen LogP contribution in [0.25, 0.3) is 0 Å². The van der Waals surface area contributed by atoms with Gasteiger partial charge in [0.05, 0.1) is 19.8 Å². The van der Waals surface area contributed by atoms with Gasteiger partial charge < -0.3 is 20.1 Å². The molecule has 6 heteroatoms. The number of ether oxygens (including phenoxy) is 2. The van der Waals surface area contributed by atoms with Crippen molar-refractivity contribution < 1.29 is 14.3 Å². The minimum Gasteiger partial charge on any atom is -0.493 e. The number of carbonyl (C=O) groups excluding carboxylic acids is 1. The fraction of sp³-hybridized carbons (Fsp3) is 0.238. The summed E-state index contributed by atoms with van der Waals surface area (Å²) in [5, 5.41) is 6.75. The second-order valence-electron chi connectivity index (χ2n) is 6.08. The van der Waals surface area contributed by atoms with E-state index < -0.39 is 6.04 Å². The van der Waals surface area contributed by atoms with E-state index in [0.717, 1.165) is 11.3 Å². The van der Waals surface area contributed by atoms with Gasteiger partial charge in [-0.15, -0.1) is 0 Å². The Morgan fingerprint density at radius 3 is 2.56 bits per heavy atom. The summed E-state index contributed by atoms with van der Waals surface area (Å²) in [6.07, 6.45) is 0. The largest absolute Gasteiger partial charge is 0.493 e. The summed E-state index contributed by atoms with van der Waals surface area (Å²) in [5.74, 6) is 1.16. The van der Waals surface area contributed by atoms with Gasteiger partial charge in [0.1, 0.15) is 0 Å². The number of nitrogens with one attached hydrogen (secondary N) is 2. The van der Waals surface area contributed by atoms with Crippen LogP contribution in [0.4, 0.5) is 0 Å². The Balaban J connectivity index is 2.14. The van der Waals surface area contributed by atoms with Crippen LogP contribution in [0.2, 0.25) is 0 Å². The minimum atomic E-state index is -0.442. The molecular weight excluding hydrogens is 360 g/mol. The van der Waals surface area contributed by atoms with E-state index in [1.165, 1.54) is 0 Å². The van der Waals surface area contributed by atoms with Crippen LogP contribution in [-0.4, -0.2) is 24.6 Å². The van der Waals surface area contributed by atoms with Crippen LogP contribution in [-0.2, 0) is 0 Å². The number of methoxy groups -OCH3 is 1. The quantitative estimate of drug-likeness (QED) is 0.586. The maximum Gasteiger partial charge on any atom is 0.193 e. The Morgan fingerprint density at radius 2 is 1.89 bits per heavy atom. The lowest BCUT2D eigenvalue weighted by molar-refractivity contribution is 0.102. The number of carbonyl (C=O) groups is 1. The summed E-state index contributed by atoms with van der Waals surface area (Å²) in [6, 6.07) is 14.4. The summed E-state index contributed by atoms with van der Waals surface area (Å²) in [7, 11) is 1.60. The predicted molar refractivity (Wildman–Crippen MR) is 109 cm³/mol. The number of allylic oxidation sites excluding steroid dienone is 1. The Hall–Kier alpha value is -2.86. The fourth-order valence-corrected chi connectivity index (χ4v) is 3.46. The second kappa shape index (κ2) is 8.22. The number of thiocarbonyl (C=S) groups is 1. The molecule has 0 bridgehead atoms. The SMILES string of the molecule is CCOc1c(OC)cccc1C1NC(=S)NC(C)=C1C(=O)c1ccccc1. The average molecular weight is 382 g/mol. The number of Topliss-reactive ketones (excluding diaryl/α,β-unsaturated/α-hetero) is 1. The van der Waals surface area contributed by atoms with E-state index in [1.54, 1.807) is 7.11 Å². The molecule has 2 aromatic rings. The van der Waals surface area contributed by atoms with Crippen molar-refractivity contribution in [2.45, 2.75) is 19.9 Å². The maximum absolute atomic E-state index is 13.3. The number of rotatable bonds is 6. The van der Waals surface area contributed by atoms with Gasteiger partial charge in [0, 0.05) is 22.4 Å². The molecule has 1 atom stereocenters. The van der Waals surface area contributed by atoms with Gasteiger partial charge in [-0.3, -0.25) is 4.79 Å². The predicted octanol–water partition coefficient (Wildman–Crippen LogP) is 3.77. The number of para-hydroxylation sites is 1. The highest BCUT2D eigenvalue weighted by Crippen LogP contribution is 2.39. The number of hydrogen-bond donors (Lipinski definition) is 2. The molecule has 3 rings (SSSR count). The molecule has 0 radical (unpaired) electrons. The maximum atomic E-state index is 13.3. The lowest BCUT2D eigenvalue weighted by atomic mass is 9.89. The number of benzene rings is 2. The standard InChI is InChI=1S/C21H22N2O3S/c1-4-26-20-15(11-8-12-16(20)25-3)18-17(13(2)22-21(27)23-18)19(24)14-9-6-5-7-10-14/h5-12,18H,4H2,1-3H3,(H2,22,23,27). The van der Waals surface area contributed by atoms with Crippen molar-refractivity contribution in [3.63, 3.8) is 0 Å². The summed E-state index contributed by atoms with van der Waals surface area (Å²) < 4.78 is 11.3. The first kappa shape index (κ1) is 18.9. The van der Waals surface area contributed by atoms with E-state index in [1.807, 2.05) is 62.4 Å². The van der Waals surface area contributed by atoms with Crippen LogP contribution in [0, 0.1) is 0 Å². The van der Waals surface area contributed by atoms with Gasteiger partial charge in [0.2, 0.25) is 0 Å². The third kappa shape index (κ3) is 3.80. The van der Waals surface area contributed by atoms with Gasteiger partial charge >= 0.3 is 0 Å². The van der Waals surface area contributed by atoms with E-state index in [-0.39, 0.29) is 5.78 Å². The monoisotopic (exact) mass is 382 g/mol. The highest BCUT2D eigenvalue weighted by Gasteiger charge is 2.33. The van der Waals surface area contributed by atoms with Crippen LogP contribution in [0.15, 0.2) is 59.8 Å². The smallest absolute Gasteiger partial charge is 0.193 e. The zero-order valence-electron chi connectivity index (χ0n) is 15.5. The normalized spacial score (nSPS) is 16.4. The van der Waals surface area contributed by atoms with Crippen LogP contribution in [0.5, 0.6) is 11.5 Å². The fourth-order valence-electron chi connectivity index (χ4n) is 3.19. The van der Waals surface area contributed by atoms with Gasteiger partial charge in [-0.2, -0.15) is 0 Å². The molecular formula is C21H22N2O3S. The summed E-state index contributed by atoms with van der Waals surface area (Å²) in [6.45, 7) is 4.25. The van der Waals surface area contributed by atoms with Gasteiger partial charge in [-0.1, -0.05) is 42.5 Å².